The molecule has 6 N–H and O–H groups in total. The molecule has 1 saturated heterocycles. The van der Waals surface area contributed by atoms with Crippen molar-refractivity contribution in [3.05, 3.63) is 60.4 Å². The second-order valence-electron chi connectivity index (χ2n) is 10.3. The molecule has 1 aromatic heterocycles. The summed E-state index contributed by atoms with van der Waals surface area (Å²) in [4.78, 5) is 87.0. The average Bonchev–Trinajstić information content (AvgIpc) is 3.45. The van der Waals surface area contributed by atoms with Gasteiger partial charge in [0.2, 0.25) is 0 Å². The van der Waals surface area contributed by atoms with Crippen molar-refractivity contribution >= 4 is 35.2 Å². The highest BCUT2D eigenvalue weighted by Crippen LogP contribution is 2.66. The van der Waals surface area contributed by atoms with Crippen LogP contribution in [0.3, 0.4) is 0 Å². The Labute approximate surface area is 297 Å². The van der Waals surface area contributed by atoms with Crippen molar-refractivity contribution in [3.8, 4) is 23.3 Å². The summed E-state index contributed by atoms with van der Waals surface area (Å²) in [7, 11) is -13.1. The average molecular weight is 818 g/mol. The van der Waals surface area contributed by atoms with E-state index in [1.807, 2.05) is 4.98 Å². The van der Waals surface area contributed by atoms with Gasteiger partial charge >= 0.3 is 35.3 Å². The quantitative estimate of drug-likeness (QED) is 0.0425. The standard InChI is InChI=1S/C25H33N4O21P3/c1-14(16-8-18(43-3)19(44-4)9-17(16)29(33)34)47-25(32)26-7-5-6-15-11-28(24(31)27-23(15)30)22-10-20(45-13-42-2)21(48-22)12-46-52(38,39)50-53(40,41)49-51(35,36)37/h8-9,11,14,20-22H,7,10,12-13H2,1-4H3,(H,26,32)(H,38,39)(H,40,41)(H,27,30,31)(H2,35,36,37)/t14?,20-,21+,22+/m0/s1. The summed E-state index contributed by atoms with van der Waals surface area (Å²) in [5.74, 6) is 5.18. The minimum atomic E-state index is -5.80. The van der Waals surface area contributed by atoms with Gasteiger partial charge in [-0.2, -0.15) is 8.62 Å². The fourth-order valence-corrected chi connectivity index (χ4v) is 7.53. The summed E-state index contributed by atoms with van der Waals surface area (Å²) >= 11 is 0. The number of nitrogens with zero attached hydrogens (tertiary/aromatic N) is 2. The van der Waals surface area contributed by atoms with Crippen LogP contribution >= 0.6 is 23.5 Å². The zero-order valence-corrected chi connectivity index (χ0v) is 30.5. The third-order valence-corrected chi connectivity index (χ3v) is 10.5. The molecule has 6 atom stereocenters. The lowest BCUT2D eigenvalue weighted by atomic mass is 10.1. The van der Waals surface area contributed by atoms with Crippen LogP contribution in [0, 0.1) is 22.0 Å². The highest BCUT2D eigenvalue weighted by atomic mass is 31.3. The minimum absolute atomic E-state index is 0.00271. The molecule has 25 nitrogen and oxygen atoms in total. The van der Waals surface area contributed by atoms with Crippen molar-refractivity contribution in [1.82, 2.24) is 14.9 Å². The molecule has 0 saturated carbocycles. The van der Waals surface area contributed by atoms with E-state index in [0.717, 1.165) is 16.8 Å². The van der Waals surface area contributed by atoms with E-state index in [9.17, 15) is 48.0 Å². The van der Waals surface area contributed by atoms with Crippen molar-refractivity contribution in [2.75, 3.05) is 41.3 Å². The summed E-state index contributed by atoms with van der Waals surface area (Å²) in [6, 6.07) is 2.40. The smallest absolute Gasteiger partial charge is 0.490 e. The van der Waals surface area contributed by atoms with Gasteiger partial charge in [-0.3, -0.25) is 29.0 Å². The first kappa shape index (κ1) is 43.4. The molecule has 1 amide bonds. The normalized spacial score (nSPS) is 19.9. The van der Waals surface area contributed by atoms with Crippen LogP contribution in [-0.2, 0) is 45.8 Å². The third-order valence-electron chi connectivity index (χ3n) is 6.67. The summed E-state index contributed by atoms with van der Waals surface area (Å²) in [6.45, 7) is -0.278. The van der Waals surface area contributed by atoms with Crippen LogP contribution in [0.4, 0.5) is 10.5 Å². The number of rotatable bonds is 17. The zero-order valence-electron chi connectivity index (χ0n) is 27.8. The predicted octanol–water partition coefficient (Wildman–Crippen LogP) is 0.921. The molecule has 0 radical (unpaired) electrons. The van der Waals surface area contributed by atoms with Gasteiger partial charge in [0.1, 0.15) is 30.8 Å². The number of methoxy groups -OCH3 is 3. The van der Waals surface area contributed by atoms with E-state index in [0.29, 0.717) is 0 Å². The lowest BCUT2D eigenvalue weighted by Gasteiger charge is -2.21. The van der Waals surface area contributed by atoms with Gasteiger partial charge in [0, 0.05) is 19.7 Å². The van der Waals surface area contributed by atoms with Gasteiger partial charge in [-0.25, -0.2) is 23.3 Å². The van der Waals surface area contributed by atoms with Crippen LogP contribution in [-0.4, -0.2) is 93.6 Å². The van der Waals surface area contributed by atoms with E-state index >= 15 is 0 Å². The Morgan fingerprint density at radius 2 is 1.77 bits per heavy atom. The van der Waals surface area contributed by atoms with E-state index in [-0.39, 0.29) is 35.8 Å². The lowest BCUT2D eigenvalue weighted by molar-refractivity contribution is -0.386. The molecule has 1 aliphatic heterocycles. The van der Waals surface area contributed by atoms with Gasteiger partial charge in [0.25, 0.3) is 11.2 Å². The number of carbonyl (C=O) groups is 1. The number of alkyl carbamates (subject to hydrolysis) is 1. The molecule has 0 bridgehead atoms. The van der Waals surface area contributed by atoms with Crippen LogP contribution in [0.1, 0.15) is 36.8 Å². The van der Waals surface area contributed by atoms with Crippen molar-refractivity contribution in [2.45, 2.75) is 37.9 Å². The van der Waals surface area contributed by atoms with Crippen molar-refractivity contribution in [1.29, 1.82) is 0 Å². The largest absolute Gasteiger partial charge is 0.493 e. The molecular weight excluding hydrogens is 785 g/mol. The number of amides is 1. The van der Waals surface area contributed by atoms with Gasteiger partial charge in [0.05, 0.1) is 50.0 Å². The number of aromatic nitrogens is 2. The maximum absolute atomic E-state index is 12.7. The number of phosphoric acid groups is 3. The first-order valence-electron chi connectivity index (χ1n) is 14.4. The maximum atomic E-state index is 12.7. The Balaban J connectivity index is 1.70. The van der Waals surface area contributed by atoms with E-state index in [2.05, 4.69) is 30.3 Å². The highest BCUT2D eigenvalue weighted by Gasteiger charge is 2.43. The SMILES string of the molecule is COCO[C@H]1C[C@H](n2cc(C#CCNC(=O)OC(C)c3cc(OC)c(OC)cc3[N+](=O)[O-])c(=O)[nH]c2=O)O[C@@H]1COP(=O)(O)OP(=O)(O)OP(=O)(O)O. The molecule has 3 rings (SSSR count). The Hall–Kier alpha value is -3.98. The number of nitro benzene ring substituents is 1. The number of H-pyrrole nitrogens is 1. The third kappa shape index (κ3) is 12.8. The number of hydrogen-bond donors (Lipinski definition) is 6. The second-order valence-corrected chi connectivity index (χ2v) is 14.7. The summed E-state index contributed by atoms with van der Waals surface area (Å²) in [5, 5.41) is 13.9. The Morgan fingerprint density at radius 3 is 2.38 bits per heavy atom. The first-order valence-corrected chi connectivity index (χ1v) is 18.9. The fourth-order valence-electron chi connectivity index (χ4n) is 4.50. The van der Waals surface area contributed by atoms with Crippen LogP contribution in [0.5, 0.6) is 11.5 Å². The van der Waals surface area contributed by atoms with E-state index in [4.69, 9.17) is 38.2 Å². The topological polar surface area (TPSA) is 342 Å². The van der Waals surface area contributed by atoms with Crippen LogP contribution in [0.15, 0.2) is 27.9 Å². The minimum Gasteiger partial charge on any atom is -0.493 e. The van der Waals surface area contributed by atoms with Gasteiger partial charge < -0.3 is 53.3 Å². The lowest BCUT2D eigenvalue weighted by Crippen LogP contribution is -2.34. The maximum Gasteiger partial charge on any atom is 0.490 e. The van der Waals surface area contributed by atoms with Crippen LogP contribution < -0.4 is 26.0 Å². The number of nitro groups is 1. The Kier molecular flexibility index (Phi) is 15.1. The molecular formula is C25H33N4O21P3. The fraction of sp³-hybridized carbons (Fsp3) is 0.480. The highest BCUT2D eigenvalue weighted by molar-refractivity contribution is 7.66. The van der Waals surface area contributed by atoms with E-state index in [1.165, 1.54) is 34.3 Å². The van der Waals surface area contributed by atoms with Crippen LogP contribution in [0.2, 0.25) is 0 Å². The predicted molar refractivity (Wildman–Crippen MR) is 172 cm³/mol. The number of benzene rings is 1. The van der Waals surface area contributed by atoms with Gasteiger partial charge in [-0.15, -0.1) is 0 Å². The molecule has 0 spiro atoms. The van der Waals surface area contributed by atoms with E-state index < -0.39 is 89.1 Å². The van der Waals surface area contributed by atoms with Crippen molar-refractivity contribution < 1.29 is 84.6 Å². The number of nitrogens with one attached hydrogen (secondary N) is 2. The summed E-state index contributed by atoms with van der Waals surface area (Å²) < 4.78 is 79.0. The van der Waals surface area contributed by atoms with Crippen molar-refractivity contribution in [3.63, 3.8) is 0 Å². The molecule has 294 valence electrons. The molecule has 1 fully saturated rings. The Morgan fingerprint density at radius 1 is 1.11 bits per heavy atom. The molecule has 53 heavy (non-hydrogen) atoms. The van der Waals surface area contributed by atoms with E-state index in [1.54, 1.807) is 0 Å². The number of aromatic amines is 1. The zero-order chi connectivity index (χ0) is 39.7. The van der Waals surface area contributed by atoms with Gasteiger partial charge in [-0.1, -0.05) is 11.8 Å². The monoisotopic (exact) mass is 818 g/mol. The molecule has 2 heterocycles. The molecule has 0 aliphatic carbocycles. The number of hydrogen-bond acceptors (Lipinski definition) is 17. The van der Waals surface area contributed by atoms with Crippen LogP contribution in [0.25, 0.3) is 0 Å². The summed E-state index contributed by atoms with van der Waals surface area (Å²) in [5.41, 5.74) is -2.59. The van der Waals surface area contributed by atoms with Gasteiger partial charge in [-0.05, 0) is 13.0 Å². The molecule has 1 aromatic carbocycles. The van der Waals surface area contributed by atoms with Crippen molar-refractivity contribution in [2.24, 2.45) is 0 Å². The number of ether oxygens (including phenoxy) is 6. The Bertz CT molecular complexity index is 1990. The number of phosphoric ester groups is 1. The second kappa shape index (κ2) is 18.4. The molecule has 1 aliphatic rings. The van der Waals surface area contributed by atoms with Gasteiger partial charge in [0.15, 0.2) is 11.5 Å². The molecule has 3 unspecified atom stereocenters. The molecule has 28 heteroatoms. The molecule has 2 aromatic rings. The first-order chi connectivity index (χ1) is 24.7. The number of carbonyl (C=O) groups excluding carboxylic acids is 1. The summed E-state index contributed by atoms with van der Waals surface area (Å²) in [6.07, 6.45) is -4.93.